The van der Waals surface area contributed by atoms with Crippen molar-refractivity contribution in [1.29, 1.82) is 0 Å². The normalized spacial score (nSPS) is 23.3. The third-order valence-corrected chi connectivity index (χ3v) is 5.19. The first-order valence-electron chi connectivity index (χ1n) is 8.31. The zero-order chi connectivity index (χ0) is 18.8. The Bertz CT molecular complexity index is 816. The molecule has 1 aromatic carbocycles. The van der Waals surface area contributed by atoms with Gasteiger partial charge in [-0.05, 0) is 38.0 Å². The number of halogens is 2. The van der Waals surface area contributed by atoms with Crippen LogP contribution in [-0.4, -0.2) is 29.8 Å². The van der Waals surface area contributed by atoms with Crippen molar-refractivity contribution >= 4 is 46.7 Å². The third-order valence-electron chi connectivity index (χ3n) is 4.42. The molecule has 136 valence electrons. The highest BCUT2D eigenvalue weighted by Crippen LogP contribution is 2.42. The van der Waals surface area contributed by atoms with Gasteiger partial charge < -0.3 is 4.74 Å². The lowest BCUT2D eigenvalue weighted by Gasteiger charge is -2.25. The van der Waals surface area contributed by atoms with Gasteiger partial charge in [0.25, 0.3) is 11.8 Å². The van der Waals surface area contributed by atoms with Crippen molar-refractivity contribution < 1.29 is 19.1 Å². The molecule has 0 N–H and O–H groups in total. The smallest absolute Gasteiger partial charge is 0.349 e. The van der Waals surface area contributed by atoms with Crippen LogP contribution in [0.2, 0.25) is 0 Å². The molecule has 2 aliphatic rings. The summed E-state index contributed by atoms with van der Waals surface area (Å²) in [5.74, 6) is -2.06. The SMILES string of the molecule is CCOC(=O)C(Cl)=CC1C2=C(CCC1Cl)C(=O)N(c1ccccc1)C2=O. The molecule has 3 rings (SSSR count). The van der Waals surface area contributed by atoms with Gasteiger partial charge in [0.2, 0.25) is 0 Å². The van der Waals surface area contributed by atoms with Crippen LogP contribution in [0.25, 0.3) is 0 Å². The van der Waals surface area contributed by atoms with Crippen LogP contribution in [0.5, 0.6) is 0 Å². The highest BCUT2D eigenvalue weighted by molar-refractivity contribution is 6.41. The molecule has 5 nitrogen and oxygen atoms in total. The predicted octanol–water partition coefficient (Wildman–Crippen LogP) is 3.56. The average Bonchev–Trinajstić information content (AvgIpc) is 2.89. The molecule has 2 amide bonds. The number of para-hydroxylation sites is 1. The second-order valence-electron chi connectivity index (χ2n) is 5.99. The van der Waals surface area contributed by atoms with E-state index in [1.54, 1.807) is 37.3 Å². The number of esters is 1. The molecular weight excluding hydrogens is 377 g/mol. The number of allylic oxidation sites excluding steroid dienone is 1. The van der Waals surface area contributed by atoms with E-state index < -0.39 is 23.2 Å². The highest BCUT2D eigenvalue weighted by atomic mass is 35.5. The van der Waals surface area contributed by atoms with E-state index in [0.717, 1.165) is 4.90 Å². The van der Waals surface area contributed by atoms with Crippen molar-refractivity contribution in [2.45, 2.75) is 25.1 Å². The first kappa shape index (κ1) is 18.7. The van der Waals surface area contributed by atoms with Gasteiger partial charge in [0.15, 0.2) is 0 Å². The first-order chi connectivity index (χ1) is 12.5. The number of alkyl halides is 1. The molecule has 0 spiro atoms. The Morgan fingerprint density at radius 2 is 1.96 bits per heavy atom. The summed E-state index contributed by atoms with van der Waals surface area (Å²) >= 11 is 12.4. The Morgan fingerprint density at radius 3 is 2.62 bits per heavy atom. The molecule has 1 aliphatic carbocycles. The molecule has 0 aromatic heterocycles. The van der Waals surface area contributed by atoms with Gasteiger partial charge >= 0.3 is 5.97 Å². The lowest BCUT2D eigenvalue weighted by atomic mass is 9.83. The van der Waals surface area contributed by atoms with Crippen LogP contribution in [0.3, 0.4) is 0 Å². The van der Waals surface area contributed by atoms with Gasteiger partial charge in [0, 0.05) is 22.4 Å². The molecule has 7 heteroatoms. The monoisotopic (exact) mass is 393 g/mol. The fourth-order valence-corrected chi connectivity index (χ4v) is 3.74. The van der Waals surface area contributed by atoms with Crippen molar-refractivity contribution in [3.05, 3.63) is 52.6 Å². The van der Waals surface area contributed by atoms with Crippen LogP contribution < -0.4 is 4.90 Å². The quantitative estimate of drug-likeness (QED) is 0.339. The summed E-state index contributed by atoms with van der Waals surface area (Å²) < 4.78 is 4.87. The van der Waals surface area contributed by atoms with Gasteiger partial charge in [0.1, 0.15) is 5.03 Å². The fraction of sp³-hybridized carbons (Fsp3) is 0.316. The predicted molar refractivity (Wildman–Crippen MR) is 98.9 cm³/mol. The zero-order valence-corrected chi connectivity index (χ0v) is 15.6. The summed E-state index contributed by atoms with van der Waals surface area (Å²) in [5.41, 5.74) is 1.25. The molecule has 0 radical (unpaired) electrons. The lowest BCUT2D eigenvalue weighted by molar-refractivity contribution is -0.137. The minimum absolute atomic E-state index is 0.144. The van der Waals surface area contributed by atoms with Crippen molar-refractivity contribution in [1.82, 2.24) is 0 Å². The summed E-state index contributed by atoms with van der Waals surface area (Å²) in [7, 11) is 0. The molecule has 2 unspecified atom stereocenters. The maximum absolute atomic E-state index is 13.0. The van der Waals surface area contributed by atoms with Crippen LogP contribution in [-0.2, 0) is 19.1 Å². The summed E-state index contributed by atoms with van der Waals surface area (Å²) in [4.78, 5) is 38.7. The van der Waals surface area contributed by atoms with Gasteiger partial charge in [-0.25, -0.2) is 9.69 Å². The van der Waals surface area contributed by atoms with Crippen LogP contribution in [0.15, 0.2) is 52.6 Å². The fourth-order valence-electron chi connectivity index (χ4n) is 3.24. The minimum Gasteiger partial charge on any atom is -0.462 e. The first-order valence-corrected chi connectivity index (χ1v) is 9.12. The Hall–Kier alpha value is -2.11. The van der Waals surface area contributed by atoms with Gasteiger partial charge in [-0.15, -0.1) is 11.6 Å². The second kappa shape index (κ2) is 7.64. The number of carbonyl (C=O) groups is 3. The van der Waals surface area contributed by atoms with Crippen LogP contribution >= 0.6 is 23.2 Å². The molecule has 0 saturated heterocycles. The number of ether oxygens (including phenoxy) is 1. The van der Waals surface area contributed by atoms with E-state index in [1.807, 2.05) is 0 Å². The number of anilines is 1. The second-order valence-corrected chi connectivity index (χ2v) is 6.96. The van der Waals surface area contributed by atoms with Crippen molar-refractivity contribution in [2.75, 3.05) is 11.5 Å². The molecule has 26 heavy (non-hydrogen) atoms. The van der Waals surface area contributed by atoms with Crippen LogP contribution in [0.1, 0.15) is 19.8 Å². The zero-order valence-electron chi connectivity index (χ0n) is 14.1. The lowest BCUT2D eigenvalue weighted by Crippen LogP contribution is -2.32. The van der Waals surface area contributed by atoms with E-state index in [1.165, 1.54) is 6.08 Å². The molecule has 0 fully saturated rings. The number of amides is 2. The molecule has 0 saturated carbocycles. The van der Waals surface area contributed by atoms with E-state index in [4.69, 9.17) is 27.9 Å². The third kappa shape index (κ3) is 3.29. The van der Waals surface area contributed by atoms with Gasteiger partial charge in [-0.2, -0.15) is 0 Å². The maximum atomic E-state index is 13.0. The van der Waals surface area contributed by atoms with Gasteiger partial charge in [0.05, 0.1) is 12.3 Å². The molecule has 1 aliphatic heterocycles. The topological polar surface area (TPSA) is 63.7 Å². The summed E-state index contributed by atoms with van der Waals surface area (Å²) in [5, 5.41) is -0.584. The molecule has 1 aromatic rings. The number of imide groups is 1. The van der Waals surface area contributed by atoms with Crippen LogP contribution in [0.4, 0.5) is 5.69 Å². The number of hydrogen-bond acceptors (Lipinski definition) is 4. The number of benzene rings is 1. The molecule has 1 heterocycles. The number of carbonyl (C=O) groups excluding carboxylic acids is 3. The number of hydrogen-bond donors (Lipinski definition) is 0. The van der Waals surface area contributed by atoms with E-state index in [-0.39, 0.29) is 17.5 Å². The van der Waals surface area contributed by atoms with Crippen LogP contribution in [0, 0.1) is 5.92 Å². The Morgan fingerprint density at radius 1 is 1.27 bits per heavy atom. The van der Waals surface area contributed by atoms with Crippen molar-refractivity contribution in [3.8, 4) is 0 Å². The summed E-state index contributed by atoms with van der Waals surface area (Å²) in [6.07, 6.45) is 2.35. The largest absolute Gasteiger partial charge is 0.462 e. The summed E-state index contributed by atoms with van der Waals surface area (Å²) in [6.45, 7) is 1.86. The van der Waals surface area contributed by atoms with E-state index in [0.29, 0.717) is 29.7 Å². The number of rotatable bonds is 4. The number of nitrogens with zero attached hydrogens (tertiary/aromatic N) is 1. The Labute approximate surface area is 161 Å². The van der Waals surface area contributed by atoms with Crippen molar-refractivity contribution in [3.63, 3.8) is 0 Å². The van der Waals surface area contributed by atoms with Gasteiger partial charge in [-0.3, -0.25) is 9.59 Å². The molecule has 2 atom stereocenters. The van der Waals surface area contributed by atoms with E-state index in [2.05, 4.69) is 0 Å². The van der Waals surface area contributed by atoms with E-state index >= 15 is 0 Å². The molecular formula is C19H17Cl2NO4. The minimum atomic E-state index is -0.678. The maximum Gasteiger partial charge on any atom is 0.349 e. The summed E-state index contributed by atoms with van der Waals surface area (Å²) in [6, 6.07) is 8.71. The highest BCUT2D eigenvalue weighted by Gasteiger charge is 2.46. The molecule has 0 bridgehead atoms. The Kier molecular flexibility index (Phi) is 5.49. The van der Waals surface area contributed by atoms with Crippen molar-refractivity contribution in [2.24, 2.45) is 5.92 Å². The average molecular weight is 394 g/mol. The Balaban J connectivity index is 1.98. The van der Waals surface area contributed by atoms with E-state index in [9.17, 15) is 14.4 Å². The standard InChI is InChI=1S/C19H17Cl2NO4/c1-2-26-19(25)15(21)10-13-14(20)9-8-12-16(13)18(24)22(17(12)23)11-6-4-3-5-7-11/h3-7,10,13-14H,2,8-9H2,1H3. The van der Waals surface area contributed by atoms with Gasteiger partial charge in [-0.1, -0.05) is 29.8 Å².